The number of allylic oxidation sites excluding steroid dienone is 3. The minimum Gasteiger partial charge on any atom is -0.0616 e. The third-order valence-electron chi connectivity index (χ3n) is 2.99. The van der Waals surface area contributed by atoms with Gasteiger partial charge in [-0.3, -0.25) is 0 Å². The van der Waals surface area contributed by atoms with E-state index in [0.717, 1.165) is 0 Å². The van der Waals surface area contributed by atoms with Gasteiger partial charge in [-0.15, -0.1) is 0 Å². The Balaban J connectivity index is 0.000000212. The summed E-state index contributed by atoms with van der Waals surface area (Å²) < 4.78 is 0. The Bertz CT molecular complexity index is 624. The zero-order chi connectivity index (χ0) is 14.2. The molecule has 101 valence electrons. The molecule has 0 fully saturated rings. The van der Waals surface area contributed by atoms with Crippen molar-refractivity contribution in [1.82, 2.24) is 0 Å². The minimum atomic E-state index is 1.31. The molecule has 0 N–H and O–H groups in total. The maximum atomic E-state index is 3.49. The van der Waals surface area contributed by atoms with Gasteiger partial charge < -0.3 is 0 Å². The summed E-state index contributed by atoms with van der Waals surface area (Å²) in [6.45, 7) is 1.97. The number of hydrogen-bond acceptors (Lipinski definition) is 0. The van der Waals surface area contributed by atoms with E-state index in [2.05, 4.69) is 76.7 Å². The summed E-state index contributed by atoms with van der Waals surface area (Å²) in [5.74, 6) is 0. The van der Waals surface area contributed by atoms with Gasteiger partial charge in [0.25, 0.3) is 0 Å². The monoisotopic (exact) mass is 301 g/mol. The summed E-state index contributed by atoms with van der Waals surface area (Å²) in [5, 5.41) is 5.25. The summed E-state index contributed by atoms with van der Waals surface area (Å²) in [6.07, 6.45) is 5.79. The Labute approximate surface area is 128 Å². The van der Waals surface area contributed by atoms with Crippen LogP contribution in [0.25, 0.3) is 21.5 Å². The van der Waals surface area contributed by atoms with E-state index in [1.165, 1.54) is 21.5 Å². The maximum absolute atomic E-state index is 3.49. The molecule has 3 rings (SSSR count). The van der Waals surface area contributed by atoms with Crippen LogP contribution in [0.15, 0.2) is 83.9 Å². The number of rotatable bonds is 1. The maximum Gasteiger partial charge on any atom is -0.0178 e. The molecule has 0 bridgehead atoms. The second-order valence-corrected chi connectivity index (χ2v) is 4.75. The third kappa shape index (κ3) is 3.83. The Morgan fingerprint density at radius 3 is 1.35 bits per heavy atom. The summed E-state index contributed by atoms with van der Waals surface area (Å²) in [6, 6.07) is 21.4. The standard InChI is InChI=1S/C14H10.C5H7.Fe/c1-2-6-12-10-14-8-4-3-7-13(14)9-11(12)5-1;1-3-5-4-2;/h1-10H;1,3-5H,2H3;. The van der Waals surface area contributed by atoms with Crippen LogP contribution in [0.2, 0.25) is 0 Å². The molecule has 0 unspecified atom stereocenters. The minimum absolute atomic E-state index is 1.31. The normalized spacial score (nSPS) is 11.1. The van der Waals surface area contributed by atoms with Gasteiger partial charge in [-0.25, -0.2) is 0 Å². The van der Waals surface area contributed by atoms with Gasteiger partial charge in [0.2, 0.25) is 0 Å². The molecule has 0 saturated carbocycles. The number of benzene rings is 3. The molecule has 0 radical (unpaired) electrons. The van der Waals surface area contributed by atoms with Gasteiger partial charge in [-0.05, 0) is 33.7 Å². The van der Waals surface area contributed by atoms with Gasteiger partial charge in [-0.1, -0.05) is 48.5 Å². The quantitative estimate of drug-likeness (QED) is 0.311. The van der Waals surface area contributed by atoms with Crippen LogP contribution >= 0.6 is 0 Å². The summed E-state index contributed by atoms with van der Waals surface area (Å²) in [5.41, 5.74) is 0. The van der Waals surface area contributed by atoms with Crippen LogP contribution < -0.4 is 0 Å². The first-order chi connectivity index (χ1) is 9.85. The molecule has 0 atom stereocenters. The fraction of sp³-hybridized carbons (Fsp3) is 0.0526. The van der Waals surface area contributed by atoms with Crippen molar-refractivity contribution in [2.24, 2.45) is 0 Å². The van der Waals surface area contributed by atoms with Crippen LogP contribution in [0.5, 0.6) is 0 Å². The van der Waals surface area contributed by atoms with Crippen LogP contribution in [0.4, 0.5) is 0 Å². The van der Waals surface area contributed by atoms with Crippen molar-refractivity contribution in [2.45, 2.75) is 6.92 Å². The fourth-order valence-electron chi connectivity index (χ4n) is 2.03. The first kappa shape index (κ1) is 14.6. The molecule has 3 aromatic rings. The smallest absolute Gasteiger partial charge is 0.0178 e. The van der Waals surface area contributed by atoms with Crippen molar-refractivity contribution >= 4 is 21.5 Å². The summed E-state index contributed by atoms with van der Waals surface area (Å²) in [4.78, 5) is 1.75. The van der Waals surface area contributed by atoms with E-state index < -0.39 is 0 Å². The fourth-order valence-corrected chi connectivity index (χ4v) is 2.16. The van der Waals surface area contributed by atoms with Gasteiger partial charge in [0.05, 0.1) is 0 Å². The second kappa shape index (κ2) is 7.69. The summed E-state index contributed by atoms with van der Waals surface area (Å²) >= 11 is 3.49. The molecule has 0 saturated heterocycles. The molecular weight excluding hydrogens is 284 g/mol. The Hall–Kier alpha value is -1.82. The Kier molecular flexibility index (Phi) is 5.61. The average molecular weight is 301 g/mol. The van der Waals surface area contributed by atoms with Gasteiger partial charge in [0.15, 0.2) is 0 Å². The van der Waals surface area contributed by atoms with Gasteiger partial charge in [-0.2, -0.15) is 0 Å². The SMILES string of the molecule is CC=CC=[CH][Fe].c1ccc2cc3ccccc3cc2c1. The molecule has 20 heavy (non-hydrogen) atoms. The van der Waals surface area contributed by atoms with Crippen LogP contribution in [-0.4, -0.2) is 0 Å². The molecule has 0 aliphatic carbocycles. The van der Waals surface area contributed by atoms with Crippen LogP contribution in [0, 0.1) is 0 Å². The molecule has 0 aliphatic rings. The van der Waals surface area contributed by atoms with Crippen molar-refractivity contribution < 1.29 is 16.0 Å². The predicted molar refractivity (Wildman–Crippen MR) is 85.4 cm³/mol. The van der Waals surface area contributed by atoms with Crippen molar-refractivity contribution in [3.05, 3.63) is 83.9 Å². The second-order valence-electron chi connectivity index (χ2n) is 4.38. The van der Waals surface area contributed by atoms with Gasteiger partial charge in [0.1, 0.15) is 0 Å². The van der Waals surface area contributed by atoms with E-state index in [1.807, 2.05) is 25.2 Å². The van der Waals surface area contributed by atoms with Crippen molar-refractivity contribution in [3.8, 4) is 0 Å². The first-order valence-electron chi connectivity index (χ1n) is 6.59. The van der Waals surface area contributed by atoms with Crippen LogP contribution in [0.3, 0.4) is 0 Å². The zero-order valence-electron chi connectivity index (χ0n) is 11.4. The van der Waals surface area contributed by atoms with E-state index in [1.54, 1.807) is 4.97 Å². The van der Waals surface area contributed by atoms with Crippen molar-refractivity contribution in [2.75, 3.05) is 0 Å². The Morgan fingerprint density at radius 2 is 1.10 bits per heavy atom. The van der Waals surface area contributed by atoms with E-state index in [4.69, 9.17) is 0 Å². The molecule has 0 heterocycles. The average Bonchev–Trinajstić information content (AvgIpc) is 2.51. The topological polar surface area (TPSA) is 0 Å². The van der Waals surface area contributed by atoms with Gasteiger partial charge >= 0.3 is 46.1 Å². The largest absolute Gasteiger partial charge is 0.0616 e. The number of fused-ring (bicyclic) bond motifs is 2. The van der Waals surface area contributed by atoms with E-state index in [0.29, 0.717) is 0 Å². The van der Waals surface area contributed by atoms with E-state index >= 15 is 0 Å². The predicted octanol–water partition coefficient (Wildman–Crippen LogP) is 5.62. The summed E-state index contributed by atoms with van der Waals surface area (Å²) in [7, 11) is 0. The molecule has 1 heteroatoms. The van der Waals surface area contributed by atoms with Crippen molar-refractivity contribution in [3.63, 3.8) is 0 Å². The molecule has 0 aliphatic heterocycles. The van der Waals surface area contributed by atoms with E-state index in [-0.39, 0.29) is 0 Å². The molecule has 0 aromatic heterocycles. The molecule has 3 aromatic carbocycles. The Morgan fingerprint density at radius 1 is 0.700 bits per heavy atom. The van der Waals surface area contributed by atoms with Crippen molar-refractivity contribution in [1.29, 1.82) is 0 Å². The third-order valence-corrected chi connectivity index (χ3v) is 3.20. The molecule has 0 nitrogen and oxygen atoms in total. The zero-order valence-corrected chi connectivity index (χ0v) is 12.5. The first-order valence-corrected chi connectivity index (χ1v) is 7.23. The molecule has 0 spiro atoms. The number of hydrogen-bond donors (Lipinski definition) is 0. The van der Waals surface area contributed by atoms with Gasteiger partial charge in [0, 0.05) is 0 Å². The molecule has 0 amide bonds. The molecular formula is C19H17Fe. The van der Waals surface area contributed by atoms with E-state index in [9.17, 15) is 0 Å². The van der Waals surface area contributed by atoms with Crippen LogP contribution in [0.1, 0.15) is 6.92 Å². The van der Waals surface area contributed by atoms with Crippen LogP contribution in [-0.2, 0) is 16.0 Å².